The summed E-state index contributed by atoms with van der Waals surface area (Å²) in [6.45, 7) is 2.61. The van der Waals surface area contributed by atoms with Gasteiger partial charge in [-0.05, 0) is 24.6 Å². The van der Waals surface area contributed by atoms with Crippen LogP contribution in [0.5, 0.6) is 0 Å². The SMILES string of the molecule is CCCNC(=O)Nc1cccc(C(=O)N(C)C)c1. The zero-order chi connectivity index (χ0) is 13.5. The van der Waals surface area contributed by atoms with E-state index in [1.54, 1.807) is 38.4 Å². The van der Waals surface area contributed by atoms with Gasteiger partial charge in [0.1, 0.15) is 0 Å². The summed E-state index contributed by atoms with van der Waals surface area (Å²) in [5.74, 6) is -0.0902. The van der Waals surface area contributed by atoms with E-state index in [1.165, 1.54) is 4.90 Å². The maximum atomic E-state index is 11.8. The molecule has 5 nitrogen and oxygen atoms in total. The number of nitrogens with zero attached hydrogens (tertiary/aromatic N) is 1. The number of nitrogens with one attached hydrogen (secondary N) is 2. The molecule has 98 valence electrons. The molecule has 0 aliphatic heterocycles. The van der Waals surface area contributed by atoms with Gasteiger partial charge in [0.25, 0.3) is 5.91 Å². The predicted molar refractivity (Wildman–Crippen MR) is 71.8 cm³/mol. The van der Waals surface area contributed by atoms with Crippen LogP contribution >= 0.6 is 0 Å². The number of anilines is 1. The van der Waals surface area contributed by atoms with Crippen molar-refractivity contribution in [3.63, 3.8) is 0 Å². The van der Waals surface area contributed by atoms with E-state index in [-0.39, 0.29) is 11.9 Å². The summed E-state index contributed by atoms with van der Waals surface area (Å²) in [7, 11) is 3.38. The molecular weight excluding hydrogens is 230 g/mol. The number of amides is 3. The molecule has 0 heterocycles. The van der Waals surface area contributed by atoms with Crippen molar-refractivity contribution in [3.05, 3.63) is 29.8 Å². The van der Waals surface area contributed by atoms with Gasteiger partial charge in [-0.15, -0.1) is 0 Å². The van der Waals surface area contributed by atoms with Crippen molar-refractivity contribution in [1.82, 2.24) is 10.2 Å². The minimum absolute atomic E-state index is 0.0902. The average molecular weight is 249 g/mol. The lowest BCUT2D eigenvalue weighted by Gasteiger charge is -2.12. The van der Waals surface area contributed by atoms with Crippen molar-refractivity contribution in [1.29, 1.82) is 0 Å². The normalized spacial score (nSPS) is 9.72. The van der Waals surface area contributed by atoms with Gasteiger partial charge in [0, 0.05) is 31.9 Å². The molecule has 18 heavy (non-hydrogen) atoms. The van der Waals surface area contributed by atoms with Gasteiger partial charge in [-0.3, -0.25) is 4.79 Å². The fourth-order valence-corrected chi connectivity index (χ4v) is 1.40. The molecule has 0 aliphatic carbocycles. The summed E-state index contributed by atoms with van der Waals surface area (Å²) in [6.07, 6.45) is 0.882. The topological polar surface area (TPSA) is 61.4 Å². The first kappa shape index (κ1) is 14.0. The summed E-state index contributed by atoms with van der Waals surface area (Å²) >= 11 is 0. The molecule has 2 N–H and O–H groups in total. The number of carbonyl (C=O) groups is 2. The minimum Gasteiger partial charge on any atom is -0.345 e. The Morgan fingerprint density at radius 3 is 2.61 bits per heavy atom. The lowest BCUT2D eigenvalue weighted by Crippen LogP contribution is -2.29. The largest absolute Gasteiger partial charge is 0.345 e. The molecule has 1 aromatic carbocycles. The molecule has 0 bridgehead atoms. The smallest absolute Gasteiger partial charge is 0.319 e. The fourth-order valence-electron chi connectivity index (χ4n) is 1.40. The van der Waals surface area contributed by atoms with E-state index in [1.807, 2.05) is 6.92 Å². The van der Waals surface area contributed by atoms with Gasteiger partial charge in [0.15, 0.2) is 0 Å². The lowest BCUT2D eigenvalue weighted by atomic mass is 10.2. The average Bonchev–Trinajstić information content (AvgIpc) is 2.35. The molecule has 0 saturated heterocycles. The third kappa shape index (κ3) is 4.08. The van der Waals surface area contributed by atoms with Crippen LogP contribution in [0.3, 0.4) is 0 Å². The molecule has 0 saturated carbocycles. The monoisotopic (exact) mass is 249 g/mol. The first-order valence-electron chi connectivity index (χ1n) is 5.91. The van der Waals surface area contributed by atoms with Crippen LogP contribution in [0.4, 0.5) is 10.5 Å². The standard InChI is InChI=1S/C13H19N3O2/c1-4-8-14-13(18)15-11-7-5-6-10(9-11)12(17)16(2)3/h5-7,9H,4,8H2,1-3H3,(H2,14,15,18). The van der Waals surface area contributed by atoms with Crippen LogP contribution in [-0.2, 0) is 0 Å². The molecule has 0 aromatic heterocycles. The van der Waals surface area contributed by atoms with Crippen LogP contribution in [-0.4, -0.2) is 37.5 Å². The molecule has 0 fully saturated rings. The molecule has 0 spiro atoms. The number of benzene rings is 1. The van der Waals surface area contributed by atoms with Crippen molar-refractivity contribution in [2.75, 3.05) is 26.0 Å². The van der Waals surface area contributed by atoms with Crippen molar-refractivity contribution in [2.24, 2.45) is 0 Å². The number of rotatable bonds is 4. The van der Waals surface area contributed by atoms with Crippen molar-refractivity contribution in [2.45, 2.75) is 13.3 Å². The molecule has 3 amide bonds. The number of urea groups is 1. The molecule has 5 heteroatoms. The molecule has 1 rings (SSSR count). The van der Waals surface area contributed by atoms with E-state index >= 15 is 0 Å². The summed E-state index contributed by atoms with van der Waals surface area (Å²) in [5, 5.41) is 5.40. The predicted octanol–water partition coefficient (Wildman–Crippen LogP) is 1.92. The van der Waals surface area contributed by atoms with Gasteiger partial charge in [0.05, 0.1) is 0 Å². The quantitative estimate of drug-likeness (QED) is 0.856. The molecule has 0 radical (unpaired) electrons. The highest BCUT2D eigenvalue weighted by Crippen LogP contribution is 2.11. The first-order valence-corrected chi connectivity index (χ1v) is 5.91. The van der Waals surface area contributed by atoms with Crippen LogP contribution in [0.25, 0.3) is 0 Å². The summed E-state index contributed by atoms with van der Waals surface area (Å²) in [6, 6.07) is 6.61. The maximum absolute atomic E-state index is 11.8. The third-order valence-electron chi connectivity index (χ3n) is 2.31. The van der Waals surface area contributed by atoms with E-state index < -0.39 is 0 Å². The van der Waals surface area contributed by atoms with Gasteiger partial charge in [-0.1, -0.05) is 13.0 Å². The molecular formula is C13H19N3O2. The van der Waals surface area contributed by atoms with E-state index in [2.05, 4.69) is 10.6 Å². The summed E-state index contributed by atoms with van der Waals surface area (Å²) in [5.41, 5.74) is 1.16. The highest BCUT2D eigenvalue weighted by molar-refractivity contribution is 5.96. The highest BCUT2D eigenvalue weighted by Gasteiger charge is 2.09. The van der Waals surface area contributed by atoms with Crippen molar-refractivity contribution in [3.8, 4) is 0 Å². The van der Waals surface area contributed by atoms with E-state index in [9.17, 15) is 9.59 Å². The number of hydrogen-bond donors (Lipinski definition) is 2. The summed E-state index contributed by atoms with van der Waals surface area (Å²) in [4.78, 5) is 24.7. The fraction of sp³-hybridized carbons (Fsp3) is 0.385. The van der Waals surface area contributed by atoms with E-state index in [4.69, 9.17) is 0 Å². The van der Waals surface area contributed by atoms with Gasteiger partial charge in [-0.2, -0.15) is 0 Å². The molecule has 0 aliphatic rings. The Bertz CT molecular complexity index is 430. The first-order chi connectivity index (χ1) is 8.54. The number of hydrogen-bond acceptors (Lipinski definition) is 2. The minimum atomic E-state index is -0.258. The number of carbonyl (C=O) groups excluding carboxylic acids is 2. The van der Waals surface area contributed by atoms with Gasteiger partial charge < -0.3 is 15.5 Å². The van der Waals surface area contributed by atoms with E-state index in [0.29, 0.717) is 17.8 Å². The van der Waals surface area contributed by atoms with Crippen molar-refractivity contribution < 1.29 is 9.59 Å². The van der Waals surface area contributed by atoms with Crippen LogP contribution in [0.1, 0.15) is 23.7 Å². The maximum Gasteiger partial charge on any atom is 0.319 e. The molecule has 0 unspecified atom stereocenters. The summed E-state index contributed by atoms with van der Waals surface area (Å²) < 4.78 is 0. The second kappa shape index (κ2) is 6.64. The Labute approximate surface area is 107 Å². The molecule has 1 aromatic rings. The Morgan fingerprint density at radius 2 is 2.00 bits per heavy atom. The Morgan fingerprint density at radius 1 is 1.28 bits per heavy atom. The molecule has 0 atom stereocenters. The Balaban J connectivity index is 2.70. The second-order valence-corrected chi connectivity index (χ2v) is 4.16. The van der Waals surface area contributed by atoms with Crippen LogP contribution in [0.15, 0.2) is 24.3 Å². The van der Waals surface area contributed by atoms with Crippen LogP contribution in [0.2, 0.25) is 0 Å². The zero-order valence-corrected chi connectivity index (χ0v) is 11.0. The van der Waals surface area contributed by atoms with Gasteiger partial charge in [-0.25, -0.2) is 4.79 Å². The zero-order valence-electron chi connectivity index (χ0n) is 11.0. The van der Waals surface area contributed by atoms with Crippen LogP contribution in [0, 0.1) is 0 Å². The second-order valence-electron chi connectivity index (χ2n) is 4.16. The van der Waals surface area contributed by atoms with E-state index in [0.717, 1.165) is 6.42 Å². The van der Waals surface area contributed by atoms with Crippen LogP contribution < -0.4 is 10.6 Å². The lowest BCUT2D eigenvalue weighted by molar-refractivity contribution is 0.0827. The highest BCUT2D eigenvalue weighted by atomic mass is 16.2. The van der Waals surface area contributed by atoms with Gasteiger partial charge in [0.2, 0.25) is 0 Å². The van der Waals surface area contributed by atoms with Gasteiger partial charge >= 0.3 is 6.03 Å². The van der Waals surface area contributed by atoms with Crippen molar-refractivity contribution >= 4 is 17.6 Å². The Hall–Kier alpha value is -2.04. The third-order valence-corrected chi connectivity index (χ3v) is 2.31. The Kier molecular flexibility index (Phi) is 5.17.